The maximum atomic E-state index is 12.8. The van der Waals surface area contributed by atoms with Crippen molar-refractivity contribution in [2.45, 2.75) is 58.4 Å². The molecule has 3 N–H and O–H groups in total. The lowest BCUT2D eigenvalue weighted by molar-refractivity contribution is -0.135. The van der Waals surface area contributed by atoms with Crippen molar-refractivity contribution in [3.8, 4) is 0 Å². The zero-order valence-electron chi connectivity index (χ0n) is 14.9. The van der Waals surface area contributed by atoms with Crippen LogP contribution in [0.5, 0.6) is 0 Å². The fourth-order valence-corrected chi connectivity index (χ4v) is 3.79. The summed E-state index contributed by atoms with van der Waals surface area (Å²) in [6.07, 6.45) is 4.24. The summed E-state index contributed by atoms with van der Waals surface area (Å²) < 4.78 is 0. The van der Waals surface area contributed by atoms with Gasteiger partial charge in [-0.05, 0) is 45.4 Å². The Kier molecular flexibility index (Phi) is 4.53. The molecule has 8 heteroatoms. The predicted molar refractivity (Wildman–Crippen MR) is 91.9 cm³/mol. The number of hydrogen-bond acceptors (Lipinski definition) is 4. The van der Waals surface area contributed by atoms with Crippen molar-refractivity contribution in [3.05, 3.63) is 11.4 Å². The highest BCUT2D eigenvalue weighted by molar-refractivity contribution is 6.10. The van der Waals surface area contributed by atoms with Crippen molar-refractivity contribution in [2.75, 3.05) is 11.9 Å². The second-order valence-corrected chi connectivity index (χ2v) is 7.11. The van der Waals surface area contributed by atoms with Gasteiger partial charge >= 0.3 is 6.03 Å². The Hall–Kier alpha value is -2.38. The van der Waals surface area contributed by atoms with E-state index in [0.717, 1.165) is 29.9 Å². The number of amides is 4. The lowest BCUT2D eigenvalue weighted by Crippen LogP contribution is -2.49. The van der Waals surface area contributed by atoms with Crippen LogP contribution in [0.4, 0.5) is 10.5 Å². The number of nitrogens with one attached hydrogen (secondary N) is 3. The molecule has 0 unspecified atom stereocenters. The van der Waals surface area contributed by atoms with Gasteiger partial charge in [0, 0.05) is 0 Å². The van der Waals surface area contributed by atoms with Gasteiger partial charge in [0.25, 0.3) is 5.91 Å². The third-order valence-corrected chi connectivity index (χ3v) is 5.48. The van der Waals surface area contributed by atoms with Crippen LogP contribution in [-0.4, -0.2) is 45.0 Å². The van der Waals surface area contributed by atoms with Crippen LogP contribution in [0.3, 0.4) is 0 Å². The van der Waals surface area contributed by atoms with Crippen LogP contribution in [0.1, 0.15) is 50.4 Å². The number of carbonyl (C=O) groups is 3. The number of H-pyrrole nitrogens is 1. The fraction of sp³-hybridized carbons (Fsp3) is 0.647. The van der Waals surface area contributed by atoms with Gasteiger partial charge in [-0.15, -0.1) is 0 Å². The molecular formula is C17H25N5O3. The maximum absolute atomic E-state index is 12.8. The molecule has 1 saturated carbocycles. The van der Waals surface area contributed by atoms with E-state index in [1.54, 1.807) is 13.8 Å². The van der Waals surface area contributed by atoms with Gasteiger partial charge in [0.05, 0.1) is 17.1 Å². The molecule has 0 bridgehead atoms. The number of urea groups is 1. The first-order valence-corrected chi connectivity index (χ1v) is 8.82. The Morgan fingerprint density at radius 1 is 1.32 bits per heavy atom. The molecule has 0 radical (unpaired) electrons. The van der Waals surface area contributed by atoms with Crippen LogP contribution in [-0.2, 0) is 9.59 Å². The third kappa shape index (κ3) is 3.12. The molecule has 136 valence electrons. The van der Waals surface area contributed by atoms with Gasteiger partial charge in [-0.3, -0.25) is 19.6 Å². The number of aryl methyl sites for hydroxylation is 2. The SMILES string of the molecule is CCC1CCC2(CC1)NC(=O)N(CC(=O)Nc1c(C)n[nH]c1C)C2=O. The standard InChI is InChI=1S/C17H25N5O3/c1-4-12-5-7-17(8-6-12)15(24)22(16(25)19-17)9-13(23)18-14-10(2)20-21-11(14)3/h12H,4-9H2,1-3H3,(H,18,23)(H,19,25)(H,20,21). The van der Waals surface area contributed by atoms with E-state index in [0.29, 0.717) is 30.1 Å². The van der Waals surface area contributed by atoms with E-state index < -0.39 is 17.5 Å². The fourth-order valence-electron chi connectivity index (χ4n) is 3.79. The van der Waals surface area contributed by atoms with Gasteiger partial charge in [-0.1, -0.05) is 13.3 Å². The number of imide groups is 1. The molecule has 25 heavy (non-hydrogen) atoms. The lowest BCUT2D eigenvalue weighted by Gasteiger charge is -2.34. The van der Waals surface area contributed by atoms with E-state index >= 15 is 0 Å². The molecule has 1 aromatic rings. The summed E-state index contributed by atoms with van der Waals surface area (Å²) in [4.78, 5) is 38.4. The molecule has 1 spiro atoms. The normalized spacial score (nSPS) is 26.2. The average Bonchev–Trinajstić information content (AvgIpc) is 3.01. The van der Waals surface area contributed by atoms with Crippen molar-refractivity contribution < 1.29 is 14.4 Å². The molecule has 1 aliphatic carbocycles. The van der Waals surface area contributed by atoms with E-state index in [9.17, 15) is 14.4 Å². The molecule has 2 aliphatic rings. The maximum Gasteiger partial charge on any atom is 0.325 e. The van der Waals surface area contributed by atoms with Crippen LogP contribution in [0, 0.1) is 19.8 Å². The Morgan fingerprint density at radius 2 is 2.00 bits per heavy atom. The van der Waals surface area contributed by atoms with Crippen molar-refractivity contribution >= 4 is 23.5 Å². The van der Waals surface area contributed by atoms with E-state index in [4.69, 9.17) is 0 Å². The number of nitrogens with zero attached hydrogens (tertiary/aromatic N) is 2. The summed E-state index contributed by atoms with van der Waals surface area (Å²) >= 11 is 0. The minimum Gasteiger partial charge on any atom is -0.323 e. The van der Waals surface area contributed by atoms with Crippen LogP contribution in [0.15, 0.2) is 0 Å². The first-order chi connectivity index (χ1) is 11.9. The van der Waals surface area contributed by atoms with Crippen molar-refractivity contribution in [1.82, 2.24) is 20.4 Å². The van der Waals surface area contributed by atoms with Gasteiger partial charge < -0.3 is 10.6 Å². The Labute approximate surface area is 146 Å². The highest BCUT2D eigenvalue weighted by Crippen LogP contribution is 2.37. The number of anilines is 1. The molecule has 8 nitrogen and oxygen atoms in total. The lowest BCUT2D eigenvalue weighted by atomic mass is 9.75. The number of carbonyl (C=O) groups excluding carboxylic acids is 3. The third-order valence-electron chi connectivity index (χ3n) is 5.48. The van der Waals surface area contributed by atoms with Crippen LogP contribution in [0.25, 0.3) is 0 Å². The smallest absolute Gasteiger partial charge is 0.323 e. The number of aromatic nitrogens is 2. The van der Waals surface area contributed by atoms with Crippen molar-refractivity contribution in [1.29, 1.82) is 0 Å². The molecular weight excluding hydrogens is 322 g/mol. The summed E-state index contributed by atoms with van der Waals surface area (Å²) in [6, 6.07) is -0.476. The van der Waals surface area contributed by atoms with Crippen molar-refractivity contribution in [2.24, 2.45) is 5.92 Å². The van der Waals surface area contributed by atoms with Crippen LogP contribution >= 0.6 is 0 Å². The zero-order valence-corrected chi connectivity index (χ0v) is 14.9. The molecule has 2 heterocycles. The molecule has 1 aliphatic heterocycles. The largest absolute Gasteiger partial charge is 0.325 e. The van der Waals surface area contributed by atoms with E-state index in [-0.39, 0.29) is 12.5 Å². The monoisotopic (exact) mass is 347 g/mol. The minimum absolute atomic E-state index is 0.275. The Balaban J connectivity index is 1.66. The summed E-state index contributed by atoms with van der Waals surface area (Å²) in [5.41, 5.74) is 1.18. The van der Waals surface area contributed by atoms with Gasteiger partial charge in [-0.25, -0.2) is 4.79 Å². The summed E-state index contributed by atoms with van der Waals surface area (Å²) in [7, 11) is 0. The highest BCUT2D eigenvalue weighted by atomic mass is 16.2. The van der Waals surface area contributed by atoms with Gasteiger partial charge in [0.1, 0.15) is 12.1 Å². The second kappa shape index (κ2) is 6.50. The molecule has 4 amide bonds. The summed E-state index contributed by atoms with van der Waals surface area (Å²) in [6.45, 7) is 5.43. The van der Waals surface area contributed by atoms with Crippen LogP contribution < -0.4 is 10.6 Å². The topological polar surface area (TPSA) is 107 Å². The van der Waals surface area contributed by atoms with Gasteiger partial charge in [0.15, 0.2) is 0 Å². The molecule has 3 rings (SSSR count). The molecule has 1 aromatic heterocycles. The molecule has 1 saturated heterocycles. The first kappa shape index (κ1) is 17.4. The van der Waals surface area contributed by atoms with Gasteiger partial charge in [-0.2, -0.15) is 5.10 Å². The molecule has 2 fully saturated rings. The van der Waals surface area contributed by atoms with E-state index in [1.807, 2.05) is 0 Å². The Morgan fingerprint density at radius 3 is 2.56 bits per heavy atom. The van der Waals surface area contributed by atoms with Crippen molar-refractivity contribution in [3.63, 3.8) is 0 Å². The van der Waals surface area contributed by atoms with E-state index in [1.165, 1.54) is 0 Å². The number of rotatable bonds is 4. The van der Waals surface area contributed by atoms with E-state index in [2.05, 4.69) is 27.8 Å². The number of hydrogen-bond donors (Lipinski definition) is 3. The minimum atomic E-state index is -0.815. The molecule has 0 aromatic carbocycles. The predicted octanol–water partition coefficient (Wildman–Crippen LogP) is 1.86. The van der Waals surface area contributed by atoms with Crippen LogP contribution in [0.2, 0.25) is 0 Å². The quantitative estimate of drug-likeness (QED) is 0.723. The first-order valence-electron chi connectivity index (χ1n) is 8.82. The zero-order chi connectivity index (χ0) is 18.2. The van der Waals surface area contributed by atoms with Gasteiger partial charge in [0.2, 0.25) is 5.91 Å². The second-order valence-electron chi connectivity index (χ2n) is 7.11. The average molecular weight is 347 g/mol. The summed E-state index contributed by atoms with van der Waals surface area (Å²) in [5, 5.41) is 12.4. The summed E-state index contributed by atoms with van der Waals surface area (Å²) in [5.74, 6) is -0.0713. The Bertz CT molecular complexity index is 684. The number of aromatic amines is 1. The molecule has 0 atom stereocenters. The highest BCUT2D eigenvalue weighted by Gasteiger charge is 2.52.